The summed E-state index contributed by atoms with van der Waals surface area (Å²) < 4.78 is 1.67. The highest BCUT2D eigenvalue weighted by Gasteiger charge is 1.96. The molecule has 0 spiro atoms. The lowest BCUT2D eigenvalue weighted by atomic mass is 10.2. The van der Waals surface area contributed by atoms with Crippen molar-refractivity contribution in [1.29, 1.82) is 0 Å². The Morgan fingerprint density at radius 2 is 2.07 bits per heavy atom. The minimum absolute atomic E-state index is 0.567. The summed E-state index contributed by atoms with van der Waals surface area (Å²) in [7, 11) is 0. The van der Waals surface area contributed by atoms with Crippen LogP contribution in [0.5, 0.6) is 0 Å². The van der Waals surface area contributed by atoms with E-state index in [1.54, 1.807) is 17.1 Å². The third-order valence-corrected chi connectivity index (χ3v) is 2.00. The first-order valence-corrected chi connectivity index (χ1v) is 4.53. The van der Waals surface area contributed by atoms with Crippen LogP contribution in [0.25, 0.3) is 0 Å². The molecule has 1 heterocycles. The molecule has 2 aromatic rings. The predicted molar refractivity (Wildman–Crippen MR) is 53.7 cm³/mol. The average Bonchev–Trinajstić information content (AvgIpc) is 2.63. The molecule has 0 saturated carbocycles. The predicted octanol–water partition coefficient (Wildman–Crippen LogP) is 1.82. The topological polar surface area (TPSA) is 27.1 Å². The maximum atomic E-state index is 5.52. The number of aromatic nitrogens is 2. The van der Waals surface area contributed by atoms with E-state index in [-0.39, 0.29) is 0 Å². The fourth-order valence-electron chi connectivity index (χ4n) is 1.22. The quantitative estimate of drug-likeness (QED) is 0.734. The highest BCUT2D eigenvalue weighted by molar-refractivity contribution is 5.13. The van der Waals surface area contributed by atoms with Crippen LogP contribution in [0.15, 0.2) is 42.7 Å². The van der Waals surface area contributed by atoms with Crippen molar-refractivity contribution in [1.82, 2.24) is 9.71 Å². The first-order chi connectivity index (χ1) is 6.86. The fourth-order valence-corrected chi connectivity index (χ4v) is 1.22. The van der Waals surface area contributed by atoms with Crippen molar-refractivity contribution in [3.8, 4) is 0 Å². The number of imidazole rings is 1. The maximum Gasteiger partial charge on any atom is 0.141 e. The van der Waals surface area contributed by atoms with Crippen molar-refractivity contribution in [3.05, 3.63) is 54.1 Å². The smallest absolute Gasteiger partial charge is 0.141 e. The lowest BCUT2D eigenvalue weighted by Crippen LogP contribution is -2.11. The van der Waals surface area contributed by atoms with Crippen LogP contribution in [0.2, 0.25) is 0 Å². The van der Waals surface area contributed by atoms with Crippen LogP contribution in [-0.2, 0) is 6.61 Å². The van der Waals surface area contributed by atoms with Crippen molar-refractivity contribution in [3.63, 3.8) is 0 Å². The molecule has 0 saturated heterocycles. The van der Waals surface area contributed by atoms with E-state index < -0.39 is 0 Å². The number of benzene rings is 1. The maximum absolute atomic E-state index is 5.52. The largest absolute Gasteiger partial charge is 0.408 e. The summed E-state index contributed by atoms with van der Waals surface area (Å²) in [6, 6.07) is 10.1. The summed E-state index contributed by atoms with van der Waals surface area (Å²) in [6.45, 7) is 2.48. The average molecular weight is 188 g/mol. The Labute approximate surface area is 82.9 Å². The summed E-state index contributed by atoms with van der Waals surface area (Å²) in [4.78, 5) is 9.58. The third-order valence-electron chi connectivity index (χ3n) is 2.00. The minimum atomic E-state index is 0.567. The Balaban J connectivity index is 1.99. The molecule has 0 fully saturated rings. The van der Waals surface area contributed by atoms with E-state index in [1.807, 2.05) is 37.3 Å². The monoisotopic (exact) mass is 188 g/mol. The lowest BCUT2D eigenvalue weighted by Gasteiger charge is -2.07. The van der Waals surface area contributed by atoms with Crippen LogP contribution in [0.4, 0.5) is 0 Å². The fraction of sp³-hybridized carbons (Fsp3) is 0.182. The third kappa shape index (κ3) is 1.93. The first-order valence-electron chi connectivity index (χ1n) is 4.53. The van der Waals surface area contributed by atoms with Gasteiger partial charge >= 0.3 is 0 Å². The second-order valence-corrected chi connectivity index (χ2v) is 3.06. The van der Waals surface area contributed by atoms with Crippen LogP contribution in [0.3, 0.4) is 0 Å². The Morgan fingerprint density at radius 3 is 2.71 bits per heavy atom. The van der Waals surface area contributed by atoms with Gasteiger partial charge in [-0.3, -0.25) is 0 Å². The van der Waals surface area contributed by atoms with Gasteiger partial charge in [0.2, 0.25) is 0 Å². The van der Waals surface area contributed by atoms with Gasteiger partial charge in [-0.2, -0.15) is 4.73 Å². The minimum Gasteiger partial charge on any atom is -0.408 e. The molecule has 3 nitrogen and oxygen atoms in total. The number of hydrogen-bond acceptors (Lipinski definition) is 2. The van der Waals surface area contributed by atoms with E-state index in [1.165, 1.54) is 0 Å². The molecule has 0 N–H and O–H groups in total. The Morgan fingerprint density at radius 1 is 1.29 bits per heavy atom. The summed E-state index contributed by atoms with van der Waals surface area (Å²) in [5.74, 6) is 0.862. The zero-order chi connectivity index (χ0) is 9.80. The van der Waals surface area contributed by atoms with Crippen molar-refractivity contribution in [2.45, 2.75) is 13.5 Å². The van der Waals surface area contributed by atoms with Crippen molar-refractivity contribution in [2.24, 2.45) is 0 Å². The van der Waals surface area contributed by atoms with Crippen LogP contribution in [0.1, 0.15) is 11.4 Å². The normalized spacial score (nSPS) is 10.1. The molecular formula is C11H12N2O. The molecule has 0 radical (unpaired) electrons. The van der Waals surface area contributed by atoms with E-state index in [4.69, 9.17) is 4.84 Å². The number of aryl methyl sites for hydroxylation is 1. The number of rotatable bonds is 3. The van der Waals surface area contributed by atoms with Gasteiger partial charge in [-0.05, 0) is 12.5 Å². The molecule has 3 heteroatoms. The molecule has 0 unspecified atom stereocenters. The van der Waals surface area contributed by atoms with Gasteiger partial charge in [0.05, 0.1) is 6.20 Å². The molecule has 2 rings (SSSR count). The molecule has 0 bridgehead atoms. The molecule has 1 aromatic carbocycles. The van der Waals surface area contributed by atoms with Gasteiger partial charge < -0.3 is 4.84 Å². The van der Waals surface area contributed by atoms with E-state index in [2.05, 4.69) is 4.98 Å². The first kappa shape index (κ1) is 8.81. The Bertz CT molecular complexity index is 395. The summed E-state index contributed by atoms with van der Waals surface area (Å²) in [5, 5.41) is 0. The second kappa shape index (κ2) is 3.96. The van der Waals surface area contributed by atoms with Gasteiger partial charge in [-0.15, -0.1) is 0 Å². The molecule has 0 aliphatic heterocycles. The van der Waals surface area contributed by atoms with Gasteiger partial charge in [0.25, 0.3) is 0 Å². The van der Waals surface area contributed by atoms with Gasteiger partial charge in [0.1, 0.15) is 12.4 Å². The molecular weight excluding hydrogens is 176 g/mol. The molecule has 0 amide bonds. The van der Waals surface area contributed by atoms with Gasteiger partial charge in [-0.25, -0.2) is 4.98 Å². The molecule has 72 valence electrons. The van der Waals surface area contributed by atoms with Gasteiger partial charge in [0, 0.05) is 6.20 Å². The van der Waals surface area contributed by atoms with Crippen molar-refractivity contribution >= 4 is 0 Å². The van der Waals surface area contributed by atoms with Gasteiger partial charge in [-0.1, -0.05) is 30.3 Å². The standard InChI is InChI=1S/C11H12N2O/c1-10-12-7-8-13(10)14-9-11-5-3-2-4-6-11/h2-8H,9H2,1H3. The van der Waals surface area contributed by atoms with Crippen molar-refractivity contribution in [2.75, 3.05) is 0 Å². The van der Waals surface area contributed by atoms with E-state index in [9.17, 15) is 0 Å². The Hall–Kier alpha value is -1.77. The molecule has 1 aromatic heterocycles. The van der Waals surface area contributed by atoms with Crippen LogP contribution in [-0.4, -0.2) is 9.71 Å². The summed E-state index contributed by atoms with van der Waals surface area (Å²) >= 11 is 0. The van der Waals surface area contributed by atoms with E-state index >= 15 is 0 Å². The second-order valence-electron chi connectivity index (χ2n) is 3.06. The SMILES string of the molecule is Cc1nccn1OCc1ccccc1. The lowest BCUT2D eigenvalue weighted by molar-refractivity contribution is 0.0923. The summed E-state index contributed by atoms with van der Waals surface area (Å²) in [5.41, 5.74) is 1.15. The number of nitrogens with zero attached hydrogens (tertiary/aromatic N) is 2. The molecule has 0 aliphatic rings. The highest BCUT2D eigenvalue weighted by Crippen LogP contribution is 2.00. The van der Waals surface area contributed by atoms with Crippen LogP contribution in [0, 0.1) is 6.92 Å². The van der Waals surface area contributed by atoms with Crippen LogP contribution >= 0.6 is 0 Å². The van der Waals surface area contributed by atoms with E-state index in [0.717, 1.165) is 11.4 Å². The molecule has 0 aliphatic carbocycles. The van der Waals surface area contributed by atoms with Crippen molar-refractivity contribution < 1.29 is 4.84 Å². The summed E-state index contributed by atoms with van der Waals surface area (Å²) in [6.07, 6.45) is 3.53. The van der Waals surface area contributed by atoms with Gasteiger partial charge in [0.15, 0.2) is 0 Å². The molecule has 14 heavy (non-hydrogen) atoms. The zero-order valence-electron chi connectivity index (χ0n) is 8.05. The molecule has 0 atom stereocenters. The number of hydrogen-bond donors (Lipinski definition) is 0. The Kier molecular flexibility index (Phi) is 2.49. The van der Waals surface area contributed by atoms with Crippen LogP contribution < -0.4 is 4.84 Å². The zero-order valence-corrected chi connectivity index (χ0v) is 8.05. The van der Waals surface area contributed by atoms with E-state index in [0.29, 0.717) is 6.61 Å². The highest BCUT2D eigenvalue weighted by atomic mass is 16.7.